The fourth-order valence-corrected chi connectivity index (χ4v) is 2.96. The van der Waals surface area contributed by atoms with Crippen LogP contribution in [-0.2, 0) is 13.6 Å². The standard InChI is InChI=1S/C16H23N7/c1-11-13(16(21(3)4)22(5)20-11)10-17-12(2)15-19-18-14-8-6-7-9-23(14)15/h6-9,12,17H,10H2,1-5H3/t12-/m1/s1. The van der Waals surface area contributed by atoms with E-state index in [-0.39, 0.29) is 6.04 Å². The molecule has 0 saturated heterocycles. The SMILES string of the molecule is Cc1nn(C)c(N(C)C)c1CN[C@H](C)c1nnc2ccccn12. The van der Waals surface area contributed by atoms with Crippen LogP contribution in [0.1, 0.15) is 30.0 Å². The molecule has 3 heterocycles. The Morgan fingerprint density at radius 2 is 2.04 bits per heavy atom. The zero-order valence-corrected chi connectivity index (χ0v) is 14.3. The molecular formula is C16H23N7. The molecule has 0 radical (unpaired) electrons. The topological polar surface area (TPSA) is 63.3 Å². The van der Waals surface area contributed by atoms with Crippen LogP contribution in [0.2, 0.25) is 0 Å². The smallest absolute Gasteiger partial charge is 0.160 e. The van der Waals surface area contributed by atoms with E-state index in [0.717, 1.165) is 29.5 Å². The maximum Gasteiger partial charge on any atom is 0.160 e. The third kappa shape index (κ3) is 2.79. The van der Waals surface area contributed by atoms with Gasteiger partial charge >= 0.3 is 0 Å². The van der Waals surface area contributed by atoms with E-state index in [2.05, 4.69) is 32.4 Å². The van der Waals surface area contributed by atoms with Gasteiger partial charge in [0.15, 0.2) is 11.5 Å². The Labute approximate surface area is 135 Å². The Kier molecular flexibility index (Phi) is 4.04. The van der Waals surface area contributed by atoms with Crippen LogP contribution in [-0.4, -0.2) is 38.5 Å². The van der Waals surface area contributed by atoms with Crippen molar-refractivity contribution in [2.24, 2.45) is 7.05 Å². The third-order valence-electron chi connectivity index (χ3n) is 4.05. The van der Waals surface area contributed by atoms with E-state index in [1.54, 1.807) is 0 Å². The molecule has 0 aromatic carbocycles. The maximum absolute atomic E-state index is 4.52. The molecule has 7 nitrogen and oxygen atoms in total. The number of aryl methyl sites for hydroxylation is 2. The minimum atomic E-state index is 0.0852. The van der Waals surface area contributed by atoms with Crippen LogP contribution in [0.4, 0.5) is 5.82 Å². The molecule has 23 heavy (non-hydrogen) atoms. The van der Waals surface area contributed by atoms with E-state index < -0.39 is 0 Å². The summed E-state index contributed by atoms with van der Waals surface area (Å²) in [6.45, 7) is 4.88. The van der Waals surface area contributed by atoms with Crippen molar-refractivity contribution < 1.29 is 0 Å². The highest BCUT2D eigenvalue weighted by atomic mass is 15.4. The molecule has 3 aromatic rings. The second-order valence-electron chi connectivity index (χ2n) is 6.00. The molecule has 3 aromatic heterocycles. The van der Waals surface area contributed by atoms with Crippen LogP contribution in [0.5, 0.6) is 0 Å². The first-order chi connectivity index (χ1) is 11.0. The molecule has 0 fully saturated rings. The molecule has 1 N–H and O–H groups in total. The zero-order valence-electron chi connectivity index (χ0n) is 14.3. The van der Waals surface area contributed by atoms with Gasteiger partial charge in [0.1, 0.15) is 5.82 Å². The van der Waals surface area contributed by atoms with Crippen molar-refractivity contribution in [2.45, 2.75) is 26.4 Å². The Bertz CT molecular complexity index is 815. The van der Waals surface area contributed by atoms with E-state index in [0.29, 0.717) is 0 Å². The molecule has 0 bridgehead atoms. The molecular weight excluding hydrogens is 290 g/mol. The summed E-state index contributed by atoms with van der Waals surface area (Å²) in [5.74, 6) is 2.03. The lowest BCUT2D eigenvalue weighted by Gasteiger charge is -2.17. The van der Waals surface area contributed by atoms with Gasteiger partial charge in [-0.15, -0.1) is 10.2 Å². The monoisotopic (exact) mass is 313 g/mol. The van der Waals surface area contributed by atoms with Crippen LogP contribution < -0.4 is 10.2 Å². The number of pyridine rings is 1. The average Bonchev–Trinajstić information content (AvgIpc) is 3.05. The molecule has 0 unspecified atom stereocenters. The molecule has 1 atom stereocenters. The van der Waals surface area contributed by atoms with Crippen LogP contribution in [0.25, 0.3) is 5.65 Å². The number of rotatable bonds is 5. The van der Waals surface area contributed by atoms with Crippen molar-refractivity contribution >= 4 is 11.5 Å². The first kappa shape index (κ1) is 15.5. The van der Waals surface area contributed by atoms with Gasteiger partial charge in [-0.25, -0.2) is 0 Å². The minimum Gasteiger partial charge on any atom is -0.363 e. The van der Waals surface area contributed by atoms with E-state index in [1.807, 2.05) is 61.5 Å². The second kappa shape index (κ2) is 6.00. The number of nitrogens with zero attached hydrogens (tertiary/aromatic N) is 6. The van der Waals surface area contributed by atoms with Gasteiger partial charge in [0, 0.05) is 39.4 Å². The lowest BCUT2D eigenvalue weighted by atomic mass is 10.2. The Morgan fingerprint density at radius 3 is 2.78 bits per heavy atom. The van der Waals surface area contributed by atoms with E-state index >= 15 is 0 Å². The Hall–Kier alpha value is -2.41. The summed E-state index contributed by atoms with van der Waals surface area (Å²) in [7, 11) is 6.05. The summed E-state index contributed by atoms with van der Waals surface area (Å²) in [6.07, 6.45) is 1.99. The second-order valence-corrected chi connectivity index (χ2v) is 6.00. The largest absolute Gasteiger partial charge is 0.363 e. The molecule has 122 valence electrons. The van der Waals surface area contributed by atoms with Gasteiger partial charge in [-0.1, -0.05) is 6.07 Å². The predicted molar refractivity (Wildman–Crippen MR) is 90.5 cm³/mol. The lowest BCUT2D eigenvalue weighted by Crippen LogP contribution is -2.22. The Balaban J connectivity index is 1.81. The van der Waals surface area contributed by atoms with Crippen molar-refractivity contribution in [1.82, 2.24) is 29.7 Å². The fourth-order valence-electron chi connectivity index (χ4n) is 2.96. The van der Waals surface area contributed by atoms with Gasteiger partial charge in [0.25, 0.3) is 0 Å². The van der Waals surface area contributed by atoms with Gasteiger partial charge < -0.3 is 10.2 Å². The molecule has 0 aliphatic rings. The van der Waals surface area contributed by atoms with Gasteiger partial charge in [-0.05, 0) is 26.0 Å². The van der Waals surface area contributed by atoms with E-state index in [4.69, 9.17) is 0 Å². The first-order valence-electron chi connectivity index (χ1n) is 7.72. The summed E-state index contributed by atoms with van der Waals surface area (Å²) < 4.78 is 3.93. The first-order valence-corrected chi connectivity index (χ1v) is 7.72. The van der Waals surface area contributed by atoms with Crippen LogP contribution in [0.3, 0.4) is 0 Å². The molecule has 0 aliphatic carbocycles. The van der Waals surface area contributed by atoms with Crippen LogP contribution in [0.15, 0.2) is 24.4 Å². The van der Waals surface area contributed by atoms with Gasteiger partial charge in [0.2, 0.25) is 0 Å². The highest BCUT2D eigenvalue weighted by molar-refractivity contribution is 5.49. The van der Waals surface area contributed by atoms with Crippen molar-refractivity contribution in [2.75, 3.05) is 19.0 Å². The van der Waals surface area contributed by atoms with Gasteiger partial charge in [-0.2, -0.15) is 5.10 Å². The number of hydrogen-bond donors (Lipinski definition) is 1. The van der Waals surface area contributed by atoms with Crippen molar-refractivity contribution in [3.05, 3.63) is 41.5 Å². The average molecular weight is 313 g/mol. The van der Waals surface area contributed by atoms with Gasteiger partial charge in [-0.3, -0.25) is 9.08 Å². The molecule has 7 heteroatoms. The summed E-state index contributed by atoms with van der Waals surface area (Å²) in [5.41, 5.74) is 3.11. The highest BCUT2D eigenvalue weighted by Crippen LogP contribution is 2.22. The molecule has 0 saturated carbocycles. The van der Waals surface area contributed by atoms with Crippen molar-refractivity contribution in [3.63, 3.8) is 0 Å². The minimum absolute atomic E-state index is 0.0852. The highest BCUT2D eigenvalue weighted by Gasteiger charge is 2.18. The number of aromatic nitrogens is 5. The van der Waals surface area contributed by atoms with E-state index in [1.165, 1.54) is 5.56 Å². The molecule has 0 spiro atoms. The molecule has 0 amide bonds. The van der Waals surface area contributed by atoms with Crippen molar-refractivity contribution in [1.29, 1.82) is 0 Å². The quantitative estimate of drug-likeness (QED) is 0.776. The summed E-state index contributed by atoms with van der Waals surface area (Å²) >= 11 is 0. The number of fused-ring (bicyclic) bond motifs is 1. The third-order valence-corrected chi connectivity index (χ3v) is 4.05. The Morgan fingerprint density at radius 1 is 1.26 bits per heavy atom. The zero-order chi connectivity index (χ0) is 16.6. The summed E-state index contributed by atoms with van der Waals surface area (Å²) in [5, 5.41) is 16.6. The fraction of sp³-hybridized carbons (Fsp3) is 0.438. The van der Waals surface area contributed by atoms with E-state index in [9.17, 15) is 0 Å². The molecule has 0 aliphatic heterocycles. The predicted octanol–water partition coefficient (Wildman–Crippen LogP) is 1.69. The van der Waals surface area contributed by atoms with Gasteiger partial charge in [0.05, 0.1) is 11.7 Å². The molecule has 3 rings (SSSR count). The number of nitrogens with one attached hydrogen (secondary N) is 1. The normalized spacial score (nSPS) is 12.7. The van der Waals surface area contributed by atoms with Crippen LogP contribution >= 0.6 is 0 Å². The lowest BCUT2D eigenvalue weighted by molar-refractivity contribution is 0.540. The van der Waals surface area contributed by atoms with Crippen molar-refractivity contribution in [3.8, 4) is 0 Å². The number of anilines is 1. The summed E-state index contributed by atoms with van der Waals surface area (Å²) in [6, 6.07) is 6.00. The number of hydrogen-bond acceptors (Lipinski definition) is 5. The summed E-state index contributed by atoms with van der Waals surface area (Å²) in [4.78, 5) is 2.09. The maximum atomic E-state index is 4.52. The van der Waals surface area contributed by atoms with Crippen LogP contribution in [0, 0.1) is 6.92 Å².